The third kappa shape index (κ3) is 3.35. The normalized spacial score (nSPS) is 9.69. The molecule has 0 atom stereocenters. The fourth-order valence-corrected chi connectivity index (χ4v) is 1.19. The molecule has 70 valence electrons. The van der Waals surface area contributed by atoms with Gasteiger partial charge in [-0.3, -0.25) is 4.55 Å². The van der Waals surface area contributed by atoms with Crippen molar-refractivity contribution < 1.29 is 13.0 Å². The summed E-state index contributed by atoms with van der Waals surface area (Å²) < 4.78 is 29.6. The predicted molar refractivity (Wildman–Crippen MR) is 47.4 cm³/mol. The van der Waals surface area contributed by atoms with E-state index in [2.05, 4.69) is 0 Å². The maximum atomic E-state index is 10.5. The van der Waals surface area contributed by atoms with Gasteiger partial charge in [0.05, 0.1) is 4.90 Å². The third-order valence-electron chi connectivity index (χ3n) is 1.32. The molecule has 3 nitrogen and oxygen atoms in total. The molecule has 0 saturated carbocycles. The van der Waals surface area contributed by atoms with E-state index in [0.717, 1.165) is 5.56 Å². The largest absolute Gasteiger partial charge is 0.358 e. The minimum Gasteiger partial charge on any atom is -0.358 e. The van der Waals surface area contributed by atoms with Gasteiger partial charge in [0.1, 0.15) is 0 Å². The summed E-state index contributed by atoms with van der Waals surface area (Å²) in [6.45, 7) is 1.84. The van der Waals surface area contributed by atoms with Crippen molar-refractivity contribution in [2.24, 2.45) is 0 Å². The summed E-state index contributed by atoms with van der Waals surface area (Å²) in [5.41, 5.74) is 0.956. The Labute approximate surface area is 72.8 Å². The average Bonchev–Trinajstić information content (AvgIpc) is 1.86. The summed E-state index contributed by atoms with van der Waals surface area (Å²) in [7, 11) is -4.02. The monoisotopic (exact) mass is 455 g/mol. The number of rotatable bonds is 1. The van der Waals surface area contributed by atoms with Crippen molar-refractivity contribution in [1.29, 1.82) is 0 Å². The molecule has 0 heterocycles. The van der Waals surface area contributed by atoms with Crippen molar-refractivity contribution in [3.8, 4) is 0 Å². The van der Waals surface area contributed by atoms with Gasteiger partial charge in [0.25, 0.3) is 10.1 Å². The average molecular weight is 455 g/mol. The Balaban J connectivity index is 0. The van der Waals surface area contributed by atoms with Gasteiger partial charge in [0.2, 0.25) is 0 Å². The fourth-order valence-electron chi connectivity index (χ4n) is 0.710. The third-order valence-corrected chi connectivity index (χ3v) is 2.19. The van der Waals surface area contributed by atoms with Crippen LogP contribution in [-0.2, 0) is 10.1 Å². The van der Waals surface area contributed by atoms with Gasteiger partial charge in [-0.25, -0.2) is 0 Å². The first-order chi connectivity index (χ1) is 5.00. The molecular weight excluding hydrogens is 444 g/mol. The van der Waals surface area contributed by atoms with Gasteiger partial charge in [0, 0.05) is 0 Å². The molecule has 0 aliphatic rings. The summed E-state index contributed by atoms with van der Waals surface area (Å²) in [5, 5.41) is 0. The molecule has 0 aliphatic heterocycles. The molecule has 0 unspecified atom stereocenters. The molecule has 0 bridgehead atoms. The topological polar surface area (TPSA) is 54.4 Å². The number of aryl methyl sites for hydroxylation is 1. The maximum absolute atomic E-state index is 10.5. The van der Waals surface area contributed by atoms with Crippen LogP contribution in [0.3, 0.4) is 0 Å². The van der Waals surface area contributed by atoms with E-state index < -0.39 is 10.1 Å². The number of hydrogen-bond donors (Lipinski definition) is 1. The van der Waals surface area contributed by atoms with Crippen LogP contribution in [0.2, 0.25) is 0 Å². The summed E-state index contributed by atoms with van der Waals surface area (Å²) in [4.78, 5) is -0.0666. The van der Waals surface area contributed by atoms with E-state index in [4.69, 9.17) is 4.55 Å². The molecular formula is C8H11DbO3S-. The summed E-state index contributed by atoms with van der Waals surface area (Å²) in [6.07, 6.45) is 0. The quantitative estimate of drug-likeness (QED) is 0.518. The van der Waals surface area contributed by atoms with Crippen LogP contribution in [0.15, 0.2) is 29.2 Å². The van der Waals surface area contributed by atoms with Gasteiger partial charge < -0.3 is 7.43 Å². The predicted octanol–water partition coefficient (Wildman–Crippen LogP) is 1.69. The molecule has 0 radical (unpaired) electrons. The Morgan fingerprint density at radius 2 is 1.54 bits per heavy atom. The summed E-state index contributed by atoms with van der Waals surface area (Å²) in [5.74, 6) is 0. The van der Waals surface area contributed by atoms with Crippen molar-refractivity contribution in [2.75, 3.05) is 0 Å². The molecule has 1 aromatic rings. The van der Waals surface area contributed by atoms with E-state index >= 15 is 0 Å². The smallest absolute Gasteiger partial charge is 0.294 e. The van der Waals surface area contributed by atoms with E-state index in [1.54, 1.807) is 12.1 Å². The van der Waals surface area contributed by atoms with Crippen LogP contribution in [-0.4, -0.2) is 13.0 Å². The van der Waals surface area contributed by atoms with Crippen molar-refractivity contribution in [2.45, 2.75) is 11.8 Å². The molecule has 1 rings (SSSR count). The van der Waals surface area contributed by atoms with Crippen LogP contribution in [0.5, 0.6) is 0 Å². The van der Waals surface area contributed by atoms with Gasteiger partial charge in [-0.15, -0.1) is 0 Å². The Hall–Kier alpha value is -1.87. The zero-order valence-electron chi connectivity index (χ0n) is 7.69. The molecule has 0 aliphatic carbocycles. The first kappa shape index (κ1) is 13.7. The van der Waals surface area contributed by atoms with Crippen LogP contribution in [0.25, 0.3) is 0 Å². The Kier molecular flexibility index (Phi) is 4.46. The maximum Gasteiger partial charge on any atom is 0.294 e. The fraction of sp³-hybridized carbons (Fsp3) is 0.125. The molecule has 0 fully saturated rings. The van der Waals surface area contributed by atoms with Crippen LogP contribution < -0.4 is 0 Å². The second kappa shape index (κ2) is 4.23. The van der Waals surface area contributed by atoms with Gasteiger partial charge in [0.15, 0.2) is 0 Å². The Bertz CT molecular complexity index is 342. The van der Waals surface area contributed by atoms with E-state index in [1.807, 2.05) is 6.92 Å². The summed E-state index contributed by atoms with van der Waals surface area (Å²) >= 11 is 0. The number of benzene rings is 1. The van der Waals surface area contributed by atoms with Gasteiger partial charge in [-0.05, 0) is 19.1 Å². The molecule has 1 N–H and O–H groups in total. The van der Waals surface area contributed by atoms with E-state index in [0.29, 0.717) is 0 Å². The van der Waals surface area contributed by atoms with Crippen LogP contribution in [0.4, 0.5) is 0 Å². The Morgan fingerprint density at radius 1 is 1.15 bits per heavy atom. The second-order valence-corrected chi connectivity index (χ2v) is 3.71. The van der Waals surface area contributed by atoms with Crippen molar-refractivity contribution in [3.05, 3.63) is 37.3 Å². The van der Waals surface area contributed by atoms with Crippen molar-refractivity contribution in [1.82, 2.24) is 0 Å². The zero-order valence-corrected chi connectivity index (χ0v) is 14.9. The first-order valence-corrected chi connectivity index (χ1v) is 4.48. The molecule has 5 heteroatoms. The van der Waals surface area contributed by atoms with Crippen LogP contribution >= 0.6 is 0 Å². The summed E-state index contributed by atoms with van der Waals surface area (Å²) in [6, 6.07) is 5.99. The van der Waals surface area contributed by atoms with E-state index in [-0.39, 0.29) is 12.3 Å². The van der Waals surface area contributed by atoms with Crippen molar-refractivity contribution >= 4 is 10.1 Å². The molecule has 0 aromatic heterocycles. The van der Waals surface area contributed by atoms with Gasteiger partial charge >= 0.3 is 0 Å². The standard InChI is InChI=1S/C7H8O3S.CH3.Db/c1-6-2-4-7(5-3-6)11(8,9)10;;/h2-5H,1H3,(H,8,9,10);1H3;/q;-1;. The molecule has 0 amide bonds. The van der Waals surface area contributed by atoms with Gasteiger partial charge in [-0.1, -0.05) is 17.7 Å². The van der Waals surface area contributed by atoms with Crippen molar-refractivity contribution in [3.63, 3.8) is 0 Å². The number of hydrogen-bond acceptors (Lipinski definition) is 2. The van der Waals surface area contributed by atoms with E-state index in [1.165, 1.54) is 12.1 Å². The molecule has 0 spiro atoms. The second-order valence-electron chi connectivity index (χ2n) is 2.29. The molecule has 13 heavy (non-hydrogen) atoms. The Morgan fingerprint density at radius 3 is 1.85 bits per heavy atom. The van der Waals surface area contributed by atoms with Crippen LogP contribution in [0.1, 0.15) is 5.56 Å². The van der Waals surface area contributed by atoms with Crippen LogP contribution in [0, 0.1) is 14.4 Å². The molecule has 1 aromatic carbocycles. The molecule has 0 saturated heterocycles. The van der Waals surface area contributed by atoms with Gasteiger partial charge in [-0.2, -0.15) is 8.42 Å². The minimum absolute atomic E-state index is 0. The zero-order chi connectivity index (χ0) is 8.48. The SMILES string of the molecule is Cc1ccc(S(=O)(=O)O)cc1.[CH3-].[Db]. The first-order valence-electron chi connectivity index (χ1n) is 3.04. The minimum atomic E-state index is -4.02. The van der Waals surface area contributed by atoms with E-state index in [9.17, 15) is 8.42 Å².